The summed E-state index contributed by atoms with van der Waals surface area (Å²) in [5.41, 5.74) is 0.294. The van der Waals surface area contributed by atoms with E-state index < -0.39 is 16.9 Å². The molecule has 0 spiro atoms. The molecule has 1 unspecified atom stereocenters. The molecule has 0 saturated carbocycles. The average Bonchev–Trinajstić information content (AvgIpc) is 2.21. The molecule has 0 aliphatic carbocycles. The highest BCUT2D eigenvalue weighted by atomic mass is 35.5. The van der Waals surface area contributed by atoms with Gasteiger partial charge in [0.05, 0.1) is 18.9 Å². The van der Waals surface area contributed by atoms with Gasteiger partial charge in [-0.05, 0) is 32.9 Å². The van der Waals surface area contributed by atoms with Gasteiger partial charge in [0, 0.05) is 22.6 Å². The molecule has 1 fully saturated rings. The Balaban J connectivity index is 2.21. The summed E-state index contributed by atoms with van der Waals surface area (Å²) in [6.45, 7) is 6.70. The standard InChI is InChI=1S/C12H17ClN2O2S/c1-11(2,3)18(16)15-12(7-17-8-12)10-6-9(13)4-5-14-10/h4-6,15H,7-8H2,1-3H3. The summed E-state index contributed by atoms with van der Waals surface area (Å²) < 4.78 is 20.3. The zero-order valence-corrected chi connectivity index (χ0v) is 12.3. The van der Waals surface area contributed by atoms with Crippen LogP contribution in [0.3, 0.4) is 0 Å². The molecule has 1 saturated heterocycles. The summed E-state index contributed by atoms with van der Waals surface area (Å²) in [5.74, 6) is 0. The second-order valence-corrected chi connectivity index (χ2v) is 7.82. The van der Waals surface area contributed by atoms with Gasteiger partial charge in [-0.15, -0.1) is 4.72 Å². The van der Waals surface area contributed by atoms with Crippen LogP contribution in [0.2, 0.25) is 5.02 Å². The zero-order chi connectivity index (χ0) is 13.4. The molecular weight excluding hydrogens is 272 g/mol. The lowest BCUT2D eigenvalue weighted by atomic mass is 9.94. The molecule has 0 amide bonds. The molecule has 0 aromatic carbocycles. The van der Waals surface area contributed by atoms with Crippen molar-refractivity contribution in [1.82, 2.24) is 9.71 Å². The Morgan fingerprint density at radius 2 is 2.17 bits per heavy atom. The minimum absolute atomic E-state index is 0.332. The fourth-order valence-corrected chi connectivity index (χ4v) is 2.61. The van der Waals surface area contributed by atoms with Crippen LogP contribution < -0.4 is 4.72 Å². The lowest BCUT2D eigenvalue weighted by molar-refractivity contribution is -0.0688. The van der Waals surface area contributed by atoms with E-state index in [4.69, 9.17) is 16.3 Å². The maximum absolute atomic E-state index is 12.2. The molecular formula is C12H17ClN2O2S. The van der Waals surface area contributed by atoms with Gasteiger partial charge < -0.3 is 9.29 Å². The summed E-state index contributed by atoms with van der Waals surface area (Å²) >= 11 is 4.80. The second-order valence-electron chi connectivity index (χ2n) is 5.42. The van der Waals surface area contributed by atoms with Crippen LogP contribution in [0.1, 0.15) is 26.5 Å². The molecule has 18 heavy (non-hydrogen) atoms. The normalized spacial score (nSPS) is 20.3. The molecule has 1 aromatic heterocycles. The lowest BCUT2D eigenvalue weighted by Gasteiger charge is -2.42. The van der Waals surface area contributed by atoms with Crippen LogP contribution in [0.4, 0.5) is 0 Å². The van der Waals surface area contributed by atoms with Gasteiger partial charge in [-0.3, -0.25) is 4.98 Å². The minimum Gasteiger partial charge on any atom is -0.598 e. The SMILES string of the molecule is CC(C)(C)[S+]([O-])NC1(c2cc(Cl)ccn2)COC1. The van der Waals surface area contributed by atoms with Crippen molar-refractivity contribution >= 4 is 23.0 Å². The van der Waals surface area contributed by atoms with Crippen molar-refractivity contribution in [2.24, 2.45) is 0 Å². The molecule has 1 aliphatic rings. The van der Waals surface area contributed by atoms with E-state index in [0.29, 0.717) is 18.2 Å². The van der Waals surface area contributed by atoms with Crippen molar-refractivity contribution in [2.75, 3.05) is 13.2 Å². The van der Waals surface area contributed by atoms with Crippen LogP contribution in [0.25, 0.3) is 0 Å². The summed E-state index contributed by atoms with van der Waals surface area (Å²) in [6.07, 6.45) is 1.65. The van der Waals surface area contributed by atoms with Gasteiger partial charge in [0.2, 0.25) is 0 Å². The van der Waals surface area contributed by atoms with Gasteiger partial charge in [-0.2, -0.15) is 0 Å². The maximum Gasteiger partial charge on any atom is 0.151 e. The number of hydrogen-bond donors (Lipinski definition) is 1. The molecule has 2 rings (SSSR count). The predicted octanol–water partition coefficient (Wildman–Crippen LogP) is 2.01. The second kappa shape index (κ2) is 4.98. The van der Waals surface area contributed by atoms with Crippen molar-refractivity contribution in [3.8, 4) is 0 Å². The van der Waals surface area contributed by atoms with E-state index in [1.807, 2.05) is 20.8 Å². The van der Waals surface area contributed by atoms with E-state index >= 15 is 0 Å². The molecule has 100 valence electrons. The molecule has 2 heterocycles. The Morgan fingerprint density at radius 3 is 2.61 bits per heavy atom. The van der Waals surface area contributed by atoms with Gasteiger partial charge in [0.1, 0.15) is 4.75 Å². The van der Waals surface area contributed by atoms with Gasteiger partial charge in [-0.25, -0.2) is 0 Å². The van der Waals surface area contributed by atoms with Gasteiger partial charge in [0.15, 0.2) is 5.54 Å². The number of aromatic nitrogens is 1. The first-order valence-corrected chi connectivity index (χ1v) is 7.26. The van der Waals surface area contributed by atoms with E-state index in [1.165, 1.54) is 0 Å². The minimum atomic E-state index is -1.18. The molecule has 6 heteroatoms. The van der Waals surface area contributed by atoms with Crippen molar-refractivity contribution < 1.29 is 9.29 Å². The molecule has 1 N–H and O–H groups in total. The number of ether oxygens (including phenoxy) is 1. The highest BCUT2D eigenvalue weighted by Gasteiger charge is 2.47. The number of nitrogens with one attached hydrogen (secondary N) is 1. The van der Waals surface area contributed by atoms with Gasteiger partial charge in [-0.1, -0.05) is 11.6 Å². The smallest absolute Gasteiger partial charge is 0.151 e. The monoisotopic (exact) mass is 288 g/mol. The Kier molecular flexibility index (Phi) is 3.90. The quantitative estimate of drug-likeness (QED) is 0.865. The Hall–Kier alpha value is -0.330. The third-order valence-electron chi connectivity index (χ3n) is 2.75. The van der Waals surface area contributed by atoms with Crippen LogP contribution in [0, 0.1) is 0 Å². The van der Waals surface area contributed by atoms with Crippen molar-refractivity contribution in [3.63, 3.8) is 0 Å². The molecule has 0 radical (unpaired) electrons. The van der Waals surface area contributed by atoms with E-state index in [9.17, 15) is 4.55 Å². The predicted molar refractivity (Wildman–Crippen MR) is 72.8 cm³/mol. The van der Waals surface area contributed by atoms with Crippen molar-refractivity contribution in [1.29, 1.82) is 0 Å². The van der Waals surface area contributed by atoms with E-state index in [2.05, 4.69) is 9.71 Å². The average molecular weight is 289 g/mol. The van der Waals surface area contributed by atoms with Crippen LogP contribution >= 0.6 is 11.6 Å². The molecule has 1 aromatic rings. The number of hydrogen-bond acceptors (Lipinski definition) is 4. The summed E-state index contributed by atoms with van der Waals surface area (Å²) in [5, 5.41) is 0.620. The summed E-state index contributed by atoms with van der Waals surface area (Å²) in [4.78, 5) is 4.31. The number of pyridine rings is 1. The third-order valence-corrected chi connectivity index (χ3v) is 4.68. The van der Waals surface area contributed by atoms with Gasteiger partial charge in [0.25, 0.3) is 0 Å². The van der Waals surface area contributed by atoms with Crippen LogP contribution in [-0.2, 0) is 21.6 Å². The van der Waals surface area contributed by atoms with E-state index in [0.717, 1.165) is 5.69 Å². The van der Waals surface area contributed by atoms with E-state index in [-0.39, 0.29) is 4.75 Å². The topological polar surface area (TPSA) is 57.2 Å². The molecule has 0 bridgehead atoms. The van der Waals surface area contributed by atoms with Crippen LogP contribution in [0.5, 0.6) is 0 Å². The number of rotatable bonds is 3. The highest BCUT2D eigenvalue weighted by molar-refractivity contribution is 7.90. The van der Waals surface area contributed by atoms with Gasteiger partial charge >= 0.3 is 0 Å². The fraction of sp³-hybridized carbons (Fsp3) is 0.583. The van der Waals surface area contributed by atoms with Crippen LogP contribution in [-0.4, -0.2) is 27.5 Å². The Labute approximate surface area is 115 Å². The molecule has 1 aliphatic heterocycles. The molecule has 4 nitrogen and oxygen atoms in total. The zero-order valence-electron chi connectivity index (χ0n) is 10.7. The molecule has 1 atom stereocenters. The van der Waals surface area contributed by atoms with E-state index in [1.54, 1.807) is 18.3 Å². The fourth-order valence-electron chi connectivity index (χ4n) is 1.56. The maximum atomic E-state index is 12.2. The number of halogens is 1. The van der Waals surface area contributed by atoms with Crippen LogP contribution in [0.15, 0.2) is 18.3 Å². The van der Waals surface area contributed by atoms with Crippen molar-refractivity contribution in [3.05, 3.63) is 29.0 Å². The summed E-state index contributed by atoms with van der Waals surface area (Å²) in [7, 11) is 0. The highest BCUT2D eigenvalue weighted by Crippen LogP contribution is 2.32. The van der Waals surface area contributed by atoms with Crippen molar-refractivity contribution in [2.45, 2.75) is 31.1 Å². The Morgan fingerprint density at radius 1 is 1.50 bits per heavy atom. The third kappa shape index (κ3) is 2.81. The number of nitrogens with zero attached hydrogens (tertiary/aromatic N) is 1. The summed E-state index contributed by atoms with van der Waals surface area (Å²) in [6, 6.07) is 3.51. The first-order valence-electron chi connectivity index (χ1n) is 5.73. The first-order chi connectivity index (χ1) is 8.33. The largest absolute Gasteiger partial charge is 0.598 e. The first kappa shape index (κ1) is 14.1. The Bertz CT molecular complexity index is 432. The lowest BCUT2D eigenvalue weighted by Crippen LogP contribution is -2.62.